The number of likely N-dealkylation sites (N-methyl/N-ethyl adjacent to an activating group) is 1. The molecule has 0 aliphatic heterocycles. The summed E-state index contributed by atoms with van der Waals surface area (Å²) in [4.78, 5) is 22.4. The second-order valence-electron chi connectivity index (χ2n) is 7.72. The van der Waals surface area contributed by atoms with E-state index in [-0.39, 0.29) is 12.5 Å². The van der Waals surface area contributed by atoms with E-state index in [1.54, 1.807) is 0 Å². The van der Waals surface area contributed by atoms with Crippen LogP contribution in [0.2, 0.25) is 0 Å². The molecule has 0 aromatic heterocycles. The molecule has 0 aromatic rings. The van der Waals surface area contributed by atoms with Gasteiger partial charge in [-0.1, -0.05) is 64.7 Å². The smallest absolute Gasteiger partial charge is 0.359 e. The first-order valence-electron chi connectivity index (χ1n) is 10.1. The van der Waals surface area contributed by atoms with Gasteiger partial charge in [-0.2, -0.15) is 0 Å². The summed E-state index contributed by atoms with van der Waals surface area (Å²) >= 11 is 0. The monoisotopic (exact) mass is 358 g/mol. The van der Waals surface area contributed by atoms with Gasteiger partial charge < -0.3 is 14.3 Å². The molecule has 0 fully saturated rings. The number of hydrogen-bond acceptors (Lipinski definition) is 3. The molecule has 0 aliphatic carbocycles. The zero-order chi connectivity index (χ0) is 19.0. The summed E-state index contributed by atoms with van der Waals surface area (Å²) in [6, 6.07) is 0. The molecular formula is C20H40NO4+. The van der Waals surface area contributed by atoms with Crippen LogP contribution in [0.1, 0.15) is 84.0 Å². The lowest BCUT2D eigenvalue weighted by molar-refractivity contribution is -0.883. The molecule has 0 bridgehead atoms. The number of hydrogen-bond donors (Lipinski definition) is 1. The first-order chi connectivity index (χ1) is 11.9. The first kappa shape index (κ1) is 23.9. The number of quaternary nitrogens is 1. The fourth-order valence-electron chi connectivity index (χ4n) is 2.94. The Morgan fingerprint density at radius 2 is 1.36 bits per heavy atom. The van der Waals surface area contributed by atoms with Gasteiger partial charge in [-0.3, -0.25) is 4.79 Å². The van der Waals surface area contributed by atoms with Gasteiger partial charge in [0.25, 0.3) is 0 Å². The third-order valence-corrected chi connectivity index (χ3v) is 4.47. The Bertz CT molecular complexity index is 356. The highest BCUT2D eigenvalue weighted by Crippen LogP contribution is 2.10. The van der Waals surface area contributed by atoms with E-state index in [0.29, 0.717) is 30.5 Å². The number of esters is 1. The standard InChI is InChI=1S/C20H39NO4/c1-4-5-6-7-8-9-10-11-12-13-17-25-20(24)15-14-16-21(2,3)18-19(22)23/h4-18H2,1-3H3/p+1. The molecule has 148 valence electrons. The van der Waals surface area contributed by atoms with Crippen LogP contribution in [0.4, 0.5) is 0 Å². The van der Waals surface area contributed by atoms with Crippen LogP contribution in [0.3, 0.4) is 0 Å². The van der Waals surface area contributed by atoms with E-state index >= 15 is 0 Å². The number of aliphatic carboxylic acids is 1. The number of ether oxygens (including phenoxy) is 1. The summed E-state index contributed by atoms with van der Waals surface area (Å²) in [5.74, 6) is -0.972. The Morgan fingerprint density at radius 3 is 1.88 bits per heavy atom. The molecule has 0 aromatic carbocycles. The normalized spacial score (nSPS) is 11.5. The summed E-state index contributed by atoms with van der Waals surface area (Å²) < 4.78 is 5.64. The summed E-state index contributed by atoms with van der Waals surface area (Å²) in [5.41, 5.74) is 0. The molecule has 0 spiro atoms. The molecule has 0 radical (unpaired) electrons. The summed E-state index contributed by atoms with van der Waals surface area (Å²) in [7, 11) is 3.73. The van der Waals surface area contributed by atoms with Crippen molar-refractivity contribution in [2.75, 3.05) is 33.8 Å². The minimum absolute atomic E-state index is 0.0770. The maximum absolute atomic E-state index is 11.7. The number of carboxylic acids is 1. The minimum Gasteiger partial charge on any atom is -0.477 e. The van der Waals surface area contributed by atoms with Gasteiger partial charge in [-0.05, 0) is 6.42 Å². The topological polar surface area (TPSA) is 63.6 Å². The van der Waals surface area contributed by atoms with E-state index in [0.717, 1.165) is 12.8 Å². The van der Waals surface area contributed by atoms with Gasteiger partial charge >= 0.3 is 11.9 Å². The molecule has 0 atom stereocenters. The molecule has 1 N–H and O–H groups in total. The van der Waals surface area contributed by atoms with Crippen LogP contribution in [0.5, 0.6) is 0 Å². The predicted octanol–water partition coefficient (Wildman–Crippen LogP) is 4.39. The third kappa shape index (κ3) is 17.5. The molecular weight excluding hydrogens is 318 g/mol. The second-order valence-corrected chi connectivity index (χ2v) is 7.72. The minimum atomic E-state index is -0.812. The first-order valence-corrected chi connectivity index (χ1v) is 10.1. The zero-order valence-electron chi connectivity index (χ0n) is 16.7. The zero-order valence-corrected chi connectivity index (χ0v) is 16.7. The molecule has 25 heavy (non-hydrogen) atoms. The Balaban J connectivity index is 3.40. The Hall–Kier alpha value is -1.10. The van der Waals surface area contributed by atoms with E-state index < -0.39 is 5.97 Å². The van der Waals surface area contributed by atoms with Crippen molar-refractivity contribution in [3.05, 3.63) is 0 Å². The second kappa shape index (κ2) is 15.2. The van der Waals surface area contributed by atoms with Crippen LogP contribution in [0, 0.1) is 0 Å². The van der Waals surface area contributed by atoms with Crippen molar-refractivity contribution < 1.29 is 23.9 Å². The van der Waals surface area contributed by atoms with Crippen LogP contribution in [0.25, 0.3) is 0 Å². The van der Waals surface area contributed by atoms with E-state index in [4.69, 9.17) is 9.84 Å². The molecule has 0 saturated carbocycles. The average Bonchev–Trinajstić information content (AvgIpc) is 2.51. The summed E-state index contributed by atoms with van der Waals surface area (Å²) in [5, 5.41) is 8.82. The number of nitrogens with zero attached hydrogens (tertiary/aromatic N) is 1. The molecule has 0 rings (SSSR count). The van der Waals surface area contributed by atoms with Crippen molar-refractivity contribution in [1.29, 1.82) is 0 Å². The van der Waals surface area contributed by atoms with Crippen molar-refractivity contribution in [1.82, 2.24) is 0 Å². The van der Waals surface area contributed by atoms with Crippen molar-refractivity contribution in [2.24, 2.45) is 0 Å². The van der Waals surface area contributed by atoms with E-state index in [2.05, 4.69) is 6.92 Å². The number of unbranched alkanes of at least 4 members (excludes halogenated alkanes) is 9. The van der Waals surface area contributed by atoms with Crippen LogP contribution in [0.15, 0.2) is 0 Å². The maximum atomic E-state index is 11.7. The van der Waals surface area contributed by atoms with Crippen LogP contribution in [-0.2, 0) is 14.3 Å². The van der Waals surface area contributed by atoms with Gasteiger partial charge in [0.05, 0.1) is 33.7 Å². The molecule has 0 unspecified atom stereocenters. The molecule has 0 amide bonds. The Labute approximate surface area is 154 Å². The summed E-state index contributed by atoms with van der Waals surface area (Å²) in [6.45, 7) is 3.50. The molecule has 0 heterocycles. The van der Waals surface area contributed by atoms with Crippen molar-refractivity contribution in [3.8, 4) is 0 Å². The van der Waals surface area contributed by atoms with E-state index in [9.17, 15) is 9.59 Å². The molecule has 0 saturated heterocycles. The van der Waals surface area contributed by atoms with Gasteiger partial charge in [-0.25, -0.2) is 4.79 Å². The maximum Gasteiger partial charge on any atom is 0.359 e. The SMILES string of the molecule is CCCCCCCCCCCCOC(=O)CCC[N+](C)(C)CC(=O)O. The molecule has 5 nitrogen and oxygen atoms in total. The van der Waals surface area contributed by atoms with Gasteiger partial charge in [0.15, 0.2) is 6.54 Å². The number of carbonyl (C=O) groups is 2. The highest BCUT2D eigenvalue weighted by Gasteiger charge is 2.19. The van der Waals surface area contributed by atoms with Gasteiger partial charge in [0.2, 0.25) is 0 Å². The Morgan fingerprint density at radius 1 is 0.840 bits per heavy atom. The lowest BCUT2D eigenvalue weighted by Gasteiger charge is -2.27. The van der Waals surface area contributed by atoms with E-state index in [1.165, 1.54) is 51.4 Å². The number of rotatable bonds is 17. The van der Waals surface area contributed by atoms with Crippen molar-refractivity contribution in [2.45, 2.75) is 84.0 Å². The highest BCUT2D eigenvalue weighted by molar-refractivity contribution is 5.69. The fraction of sp³-hybridized carbons (Fsp3) is 0.900. The molecule has 0 aliphatic rings. The van der Waals surface area contributed by atoms with Gasteiger partial charge in [0.1, 0.15) is 0 Å². The van der Waals surface area contributed by atoms with Crippen LogP contribution in [-0.4, -0.2) is 55.3 Å². The molecule has 5 heteroatoms. The van der Waals surface area contributed by atoms with Crippen LogP contribution >= 0.6 is 0 Å². The third-order valence-electron chi connectivity index (χ3n) is 4.47. The highest BCUT2D eigenvalue weighted by atomic mass is 16.5. The fourth-order valence-corrected chi connectivity index (χ4v) is 2.94. The average molecular weight is 359 g/mol. The van der Waals surface area contributed by atoms with Crippen LogP contribution < -0.4 is 0 Å². The van der Waals surface area contributed by atoms with E-state index in [1.807, 2.05) is 14.1 Å². The quantitative estimate of drug-likeness (QED) is 0.238. The largest absolute Gasteiger partial charge is 0.477 e. The van der Waals surface area contributed by atoms with Crippen molar-refractivity contribution in [3.63, 3.8) is 0 Å². The lowest BCUT2D eigenvalue weighted by Crippen LogP contribution is -2.44. The Kier molecular flexibility index (Phi) is 14.5. The summed E-state index contributed by atoms with van der Waals surface area (Å²) in [6.07, 6.45) is 13.7. The van der Waals surface area contributed by atoms with Crippen molar-refractivity contribution >= 4 is 11.9 Å². The van der Waals surface area contributed by atoms with Gasteiger partial charge in [-0.15, -0.1) is 0 Å². The van der Waals surface area contributed by atoms with Gasteiger partial charge in [0, 0.05) is 6.42 Å². The number of carbonyl (C=O) groups excluding carboxylic acids is 1. The number of carboxylic acid groups (broad SMARTS) is 1. The lowest BCUT2D eigenvalue weighted by atomic mass is 10.1. The predicted molar refractivity (Wildman–Crippen MR) is 102 cm³/mol.